The van der Waals surface area contributed by atoms with Crippen molar-refractivity contribution in [2.24, 2.45) is 22.9 Å². The molecule has 0 aromatic heterocycles. The van der Waals surface area contributed by atoms with Gasteiger partial charge in [-0.2, -0.15) is 0 Å². The summed E-state index contributed by atoms with van der Waals surface area (Å²) in [6.07, 6.45) is 0. The summed E-state index contributed by atoms with van der Waals surface area (Å²) >= 11 is 1.90. The summed E-state index contributed by atoms with van der Waals surface area (Å²) in [5.41, 5.74) is 26.4. The van der Waals surface area contributed by atoms with Gasteiger partial charge in [-0.25, -0.2) is 0 Å². The molecular weight excluding hydrogens is 741 g/mol. The van der Waals surface area contributed by atoms with Crippen molar-refractivity contribution >= 4 is 45.5 Å². The molecule has 0 spiro atoms. The van der Waals surface area contributed by atoms with Crippen LogP contribution in [0.2, 0.25) is 0 Å². The molecule has 243 valence electrons. The van der Waals surface area contributed by atoms with Gasteiger partial charge in [0, 0.05) is 67.2 Å². The summed E-state index contributed by atoms with van der Waals surface area (Å²) in [7, 11) is 4.27. The van der Waals surface area contributed by atoms with Crippen molar-refractivity contribution in [3.05, 3.63) is 63.6 Å². The Labute approximate surface area is 295 Å². The number of fused-ring (bicyclic) bond motifs is 2. The Morgan fingerprint density at radius 3 is 1.21 bits per heavy atom. The van der Waals surface area contributed by atoms with E-state index in [0.717, 1.165) is 48.2 Å². The van der Waals surface area contributed by atoms with Crippen LogP contribution in [0.4, 0.5) is 11.4 Å². The largest absolute Gasteiger partial charge is 1.00 e. The number of hydrogen-bond donors (Lipinski definition) is 6. The van der Waals surface area contributed by atoms with Crippen LogP contribution in [0.15, 0.2) is 36.4 Å². The molecule has 2 aromatic carbocycles. The molecule has 0 aliphatic heterocycles. The molecule has 0 bridgehead atoms. The first-order chi connectivity index (χ1) is 19.2. The molecule has 0 atom stereocenters. The number of rotatable bonds is 16. The SMILES string of the molecule is C[N+](CCN)(CCN)CCNc1ccc(NCC[N+](C)(CCN)CCN)c2c1C(=O)c1ccccc1C2=O.[CH2-]I.[Cl-].[Cl-].[V]. The maximum Gasteiger partial charge on any atom is 0.196 e. The first kappa shape index (κ1) is 44.2. The Hall–Kier alpha value is -0.966. The second-order valence-electron chi connectivity index (χ2n) is 10.7. The molecule has 0 saturated carbocycles. The minimum absolute atomic E-state index is 0. The smallest absolute Gasteiger partial charge is 0.196 e. The Kier molecular flexibility index (Phi) is 22.3. The molecule has 43 heavy (non-hydrogen) atoms. The quantitative estimate of drug-likeness (QED) is 0.0480. The fraction of sp³-hybridized carbons (Fsp3) is 0.483. The Bertz CT molecular complexity index is 1050. The number of likely N-dealkylation sites (N-methyl/N-ethyl adjacent to an activating group) is 2. The fourth-order valence-corrected chi connectivity index (χ4v) is 5.36. The number of nitrogens with two attached hydrogens (primary N) is 4. The molecule has 1 aliphatic rings. The minimum Gasteiger partial charge on any atom is -1.00 e. The third-order valence-electron chi connectivity index (χ3n) is 7.69. The van der Waals surface area contributed by atoms with Gasteiger partial charge < -0.3 is 89.9 Å². The van der Waals surface area contributed by atoms with Gasteiger partial charge in [0.25, 0.3) is 0 Å². The zero-order chi connectivity index (χ0) is 29.8. The van der Waals surface area contributed by atoms with Gasteiger partial charge in [0.2, 0.25) is 0 Å². The van der Waals surface area contributed by atoms with Crippen LogP contribution in [0.1, 0.15) is 31.8 Å². The van der Waals surface area contributed by atoms with Crippen molar-refractivity contribution in [2.45, 2.75) is 0 Å². The number of halogens is 3. The van der Waals surface area contributed by atoms with Gasteiger partial charge in [0.05, 0.1) is 77.6 Å². The van der Waals surface area contributed by atoms with Gasteiger partial charge in [-0.05, 0) is 12.1 Å². The van der Waals surface area contributed by atoms with E-state index in [-0.39, 0.29) is 54.9 Å². The molecule has 2 aromatic rings. The Balaban J connectivity index is 0. The number of benzene rings is 2. The van der Waals surface area contributed by atoms with Gasteiger partial charge >= 0.3 is 0 Å². The monoisotopic (exact) mass is 788 g/mol. The number of hydrogen-bond acceptors (Lipinski definition) is 8. The summed E-state index contributed by atoms with van der Waals surface area (Å²) in [5, 5.41) is 6.88. The van der Waals surface area contributed by atoms with Gasteiger partial charge in [-0.15, -0.1) is 0 Å². The van der Waals surface area contributed by atoms with Crippen LogP contribution in [0, 0.1) is 4.93 Å². The van der Waals surface area contributed by atoms with Crippen LogP contribution in [0.25, 0.3) is 0 Å². The first-order valence-corrected chi connectivity index (χ1v) is 15.3. The van der Waals surface area contributed by atoms with Gasteiger partial charge in [0.15, 0.2) is 11.6 Å². The zero-order valence-electron chi connectivity index (χ0n) is 25.3. The number of ketones is 2. The number of nitrogens with one attached hydrogen (secondary N) is 2. The van der Waals surface area contributed by atoms with Crippen molar-refractivity contribution in [3.8, 4) is 0 Å². The molecule has 0 fully saturated rings. The normalized spacial score (nSPS) is 11.9. The first-order valence-electron chi connectivity index (χ1n) is 13.8. The van der Waals surface area contributed by atoms with Crippen LogP contribution >= 0.6 is 22.6 Å². The van der Waals surface area contributed by atoms with E-state index in [0.29, 0.717) is 72.9 Å². The van der Waals surface area contributed by atoms with Gasteiger partial charge in [-0.3, -0.25) is 14.5 Å². The third kappa shape index (κ3) is 11.7. The number of nitrogens with zero attached hydrogens (tertiary/aromatic N) is 2. The van der Waals surface area contributed by atoms with E-state index in [2.05, 4.69) is 29.7 Å². The number of carbonyl (C=O) groups is 2. The van der Waals surface area contributed by atoms with Crippen molar-refractivity contribution in [1.82, 2.24) is 0 Å². The summed E-state index contributed by atoms with van der Waals surface area (Å²) in [6, 6.07) is 10.8. The Morgan fingerprint density at radius 1 is 0.628 bits per heavy atom. The van der Waals surface area contributed by atoms with Crippen molar-refractivity contribution in [2.75, 3.05) is 103 Å². The van der Waals surface area contributed by atoms with Gasteiger partial charge in [0.1, 0.15) is 0 Å². The van der Waals surface area contributed by atoms with E-state index < -0.39 is 0 Å². The topological polar surface area (TPSA) is 162 Å². The fourth-order valence-electron chi connectivity index (χ4n) is 5.36. The molecule has 10 nitrogen and oxygen atoms in total. The minimum atomic E-state index is -0.144. The summed E-state index contributed by atoms with van der Waals surface area (Å²) in [4.78, 5) is 30.6. The molecule has 1 radical (unpaired) electrons. The van der Waals surface area contributed by atoms with Crippen LogP contribution in [-0.2, 0) is 18.6 Å². The summed E-state index contributed by atoms with van der Waals surface area (Å²) in [6.45, 7) is 8.38. The molecule has 14 heteroatoms. The van der Waals surface area contributed by atoms with E-state index in [4.69, 9.17) is 22.9 Å². The second kappa shape index (κ2) is 21.7. The summed E-state index contributed by atoms with van der Waals surface area (Å²) in [5.74, 6) is -0.288. The van der Waals surface area contributed by atoms with Crippen molar-refractivity contribution < 1.29 is 61.9 Å². The number of anilines is 2. The van der Waals surface area contributed by atoms with Crippen LogP contribution in [0.5, 0.6) is 0 Å². The zero-order valence-corrected chi connectivity index (χ0v) is 30.3. The molecule has 0 amide bonds. The molecule has 3 rings (SSSR count). The maximum atomic E-state index is 13.7. The molecular formula is C29H48Cl2IN8O2V-. The third-order valence-corrected chi connectivity index (χ3v) is 7.69. The summed E-state index contributed by atoms with van der Waals surface area (Å²) < 4.78 is 1.47. The average Bonchev–Trinajstić information content (AvgIpc) is 2.93. The Morgan fingerprint density at radius 2 is 0.930 bits per heavy atom. The standard InChI is InChI=1S/C28H44N8O2.CH2I.2ClH.V/c1-35(15-9-29,16-10-30)19-13-33-23-7-8-24(34-14-20-36(2,17-11-31)18-12-32)26-25(23)27(37)21-5-3-4-6-22(21)28(26)38;1-2;;;/h3-8H,9-20,29-32H2,1-2H3;1H2;2*1H;/q;-1;;;. The number of quaternary nitrogens is 2. The molecule has 0 heterocycles. The van der Waals surface area contributed by atoms with Crippen LogP contribution in [0.3, 0.4) is 0 Å². The van der Waals surface area contributed by atoms with Crippen LogP contribution in [-0.4, -0.2) is 113 Å². The molecule has 10 N–H and O–H groups in total. The van der Waals surface area contributed by atoms with Crippen molar-refractivity contribution in [3.63, 3.8) is 0 Å². The van der Waals surface area contributed by atoms with Crippen molar-refractivity contribution in [1.29, 1.82) is 0 Å². The van der Waals surface area contributed by atoms with E-state index in [1.165, 1.54) is 0 Å². The van der Waals surface area contributed by atoms with E-state index in [1.54, 1.807) is 24.3 Å². The van der Waals surface area contributed by atoms with Gasteiger partial charge in [-0.1, -0.05) is 24.3 Å². The number of carbonyl (C=O) groups excluding carboxylic acids is 2. The van der Waals surface area contributed by atoms with Crippen LogP contribution < -0.4 is 58.4 Å². The predicted octanol–water partition coefficient (Wildman–Crippen LogP) is -4.77. The van der Waals surface area contributed by atoms with E-state index in [9.17, 15) is 9.59 Å². The molecule has 0 unspecified atom stereocenters. The average molecular weight is 790 g/mol. The molecule has 0 saturated heterocycles. The second-order valence-corrected chi connectivity index (χ2v) is 10.7. The van der Waals surface area contributed by atoms with E-state index in [1.807, 2.05) is 34.7 Å². The maximum absolute atomic E-state index is 13.7. The van der Waals surface area contributed by atoms with E-state index >= 15 is 0 Å². The predicted molar refractivity (Wildman–Crippen MR) is 174 cm³/mol. The molecule has 1 aliphatic carbocycles.